The van der Waals surface area contributed by atoms with Crippen LogP contribution in [0.4, 0.5) is 10.2 Å². The minimum absolute atomic E-state index is 0.429. The van der Waals surface area contributed by atoms with Crippen LogP contribution in [0.1, 0.15) is 24.5 Å². The van der Waals surface area contributed by atoms with Gasteiger partial charge in [-0.2, -0.15) is 4.39 Å². The summed E-state index contributed by atoms with van der Waals surface area (Å²) in [7, 11) is 0. The molecule has 1 aliphatic heterocycles. The molecule has 110 valence electrons. The maximum atomic E-state index is 13.2. The third kappa shape index (κ3) is 3.15. The van der Waals surface area contributed by atoms with E-state index in [4.69, 9.17) is 4.74 Å². The molecule has 0 aliphatic carbocycles. The molecule has 0 saturated carbocycles. The second-order valence-electron chi connectivity index (χ2n) is 5.27. The summed E-state index contributed by atoms with van der Waals surface area (Å²) in [6, 6.07) is 11.2. The molecule has 2 aromatic rings. The molecule has 0 spiro atoms. The third-order valence-electron chi connectivity index (χ3n) is 3.69. The molecule has 3 rings (SSSR count). The fraction of sp³-hybridized carbons (Fsp3) is 0.353. The summed E-state index contributed by atoms with van der Waals surface area (Å²) in [5, 5.41) is 0. The van der Waals surface area contributed by atoms with Gasteiger partial charge in [-0.3, -0.25) is 0 Å². The van der Waals surface area contributed by atoms with Crippen LogP contribution in [0, 0.1) is 5.95 Å². The number of pyridine rings is 1. The van der Waals surface area contributed by atoms with E-state index in [0.717, 1.165) is 38.3 Å². The van der Waals surface area contributed by atoms with Gasteiger partial charge in [-0.25, -0.2) is 4.98 Å². The standard InChI is InChI=1S/C17H19FN2O/c1-2-10-21-15-7-6-14-12-20(9-8-13(14)11-15)17-5-3-4-16(18)19-17/h3-7,11H,2,8-10,12H2,1H3. The Kier molecular flexibility index (Phi) is 4.04. The first kappa shape index (κ1) is 13.9. The van der Waals surface area contributed by atoms with Crippen molar-refractivity contribution in [3.05, 3.63) is 53.5 Å². The Labute approximate surface area is 124 Å². The number of aromatic nitrogens is 1. The van der Waals surface area contributed by atoms with E-state index in [1.54, 1.807) is 6.07 Å². The van der Waals surface area contributed by atoms with Crippen LogP contribution in [0.25, 0.3) is 0 Å². The summed E-state index contributed by atoms with van der Waals surface area (Å²) in [6.45, 7) is 4.46. The monoisotopic (exact) mass is 286 g/mol. The molecular weight excluding hydrogens is 267 g/mol. The lowest BCUT2D eigenvalue weighted by Crippen LogP contribution is -2.31. The van der Waals surface area contributed by atoms with Crippen LogP contribution in [0.5, 0.6) is 5.75 Å². The molecule has 0 amide bonds. The van der Waals surface area contributed by atoms with Gasteiger partial charge in [0, 0.05) is 13.1 Å². The lowest BCUT2D eigenvalue weighted by Gasteiger charge is -2.30. The van der Waals surface area contributed by atoms with Gasteiger partial charge in [-0.15, -0.1) is 0 Å². The second kappa shape index (κ2) is 6.12. The van der Waals surface area contributed by atoms with E-state index in [1.165, 1.54) is 17.2 Å². The van der Waals surface area contributed by atoms with Gasteiger partial charge in [0.1, 0.15) is 11.6 Å². The molecule has 2 heterocycles. The highest BCUT2D eigenvalue weighted by molar-refractivity contribution is 5.46. The van der Waals surface area contributed by atoms with E-state index in [1.807, 2.05) is 12.1 Å². The van der Waals surface area contributed by atoms with E-state index in [2.05, 4.69) is 28.9 Å². The summed E-state index contributed by atoms with van der Waals surface area (Å²) < 4.78 is 18.9. The topological polar surface area (TPSA) is 25.4 Å². The molecule has 0 N–H and O–H groups in total. The molecule has 3 nitrogen and oxygen atoms in total. The van der Waals surface area contributed by atoms with Crippen molar-refractivity contribution in [1.82, 2.24) is 4.98 Å². The Bertz CT molecular complexity index is 630. The Morgan fingerprint density at radius 3 is 2.95 bits per heavy atom. The minimum atomic E-state index is -0.429. The first-order valence-electron chi connectivity index (χ1n) is 7.38. The summed E-state index contributed by atoms with van der Waals surface area (Å²) in [5.74, 6) is 1.21. The minimum Gasteiger partial charge on any atom is -0.494 e. The maximum Gasteiger partial charge on any atom is 0.214 e. The number of ether oxygens (including phenoxy) is 1. The number of hydrogen-bond acceptors (Lipinski definition) is 3. The zero-order chi connectivity index (χ0) is 14.7. The van der Waals surface area contributed by atoms with E-state index < -0.39 is 5.95 Å². The number of anilines is 1. The summed E-state index contributed by atoms with van der Waals surface area (Å²) in [5.41, 5.74) is 2.58. The molecule has 4 heteroatoms. The highest BCUT2D eigenvalue weighted by Gasteiger charge is 2.18. The van der Waals surface area contributed by atoms with Gasteiger partial charge in [-0.1, -0.05) is 19.1 Å². The van der Waals surface area contributed by atoms with Crippen LogP contribution < -0.4 is 9.64 Å². The SMILES string of the molecule is CCCOc1ccc2c(c1)CCN(c1cccc(F)n1)C2. The molecule has 21 heavy (non-hydrogen) atoms. The number of nitrogens with zero attached hydrogens (tertiary/aromatic N) is 2. The van der Waals surface area contributed by atoms with Crippen LogP contribution in [-0.4, -0.2) is 18.1 Å². The molecule has 0 bridgehead atoms. The fourth-order valence-electron chi connectivity index (χ4n) is 2.61. The Hall–Kier alpha value is -2.10. The number of fused-ring (bicyclic) bond motifs is 1. The molecule has 1 aliphatic rings. The van der Waals surface area contributed by atoms with Crippen LogP contribution in [0.2, 0.25) is 0 Å². The lowest BCUT2D eigenvalue weighted by molar-refractivity contribution is 0.317. The largest absolute Gasteiger partial charge is 0.494 e. The normalized spacial score (nSPS) is 13.9. The molecule has 0 fully saturated rings. The number of rotatable bonds is 4. The number of halogens is 1. The van der Waals surface area contributed by atoms with Crippen molar-refractivity contribution in [2.75, 3.05) is 18.1 Å². The molecule has 0 radical (unpaired) electrons. The highest BCUT2D eigenvalue weighted by Crippen LogP contribution is 2.26. The zero-order valence-electron chi connectivity index (χ0n) is 12.2. The smallest absolute Gasteiger partial charge is 0.214 e. The van der Waals surface area contributed by atoms with E-state index in [9.17, 15) is 4.39 Å². The van der Waals surface area contributed by atoms with E-state index >= 15 is 0 Å². The zero-order valence-corrected chi connectivity index (χ0v) is 12.2. The van der Waals surface area contributed by atoms with Gasteiger partial charge in [0.25, 0.3) is 0 Å². The predicted octanol–water partition coefficient (Wildman–Crippen LogP) is 3.57. The molecule has 0 atom stereocenters. The Balaban J connectivity index is 1.76. The Morgan fingerprint density at radius 1 is 1.24 bits per heavy atom. The number of benzene rings is 1. The third-order valence-corrected chi connectivity index (χ3v) is 3.69. The Morgan fingerprint density at radius 2 is 2.14 bits per heavy atom. The average Bonchev–Trinajstić information content (AvgIpc) is 2.52. The van der Waals surface area contributed by atoms with Crippen LogP contribution in [0.15, 0.2) is 36.4 Å². The van der Waals surface area contributed by atoms with Gasteiger partial charge >= 0.3 is 0 Å². The average molecular weight is 286 g/mol. The van der Waals surface area contributed by atoms with Crippen molar-refractivity contribution < 1.29 is 9.13 Å². The van der Waals surface area contributed by atoms with Crippen LogP contribution in [0.3, 0.4) is 0 Å². The first-order valence-corrected chi connectivity index (χ1v) is 7.38. The van der Waals surface area contributed by atoms with Crippen molar-refractivity contribution in [3.8, 4) is 5.75 Å². The summed E-state index contributed by atoms with van der Waals surface area (Å²) in [6.07, 6.45) is 1.94. The van der Waals surface area contributed by atoms with Gasteiger partial charge in [-0.05, 0) is 48.2 Å². The highest BCUT2D eigenvalue weighted by atomic mass is 19.1. The lowest BCUT2D eigenvalue weighted by atomic mass is 9.99. The molecular formula is C17H19FN2O. The molecule has 0 saturated heterocycles. The second-order valence-corrected chi connectivity index (χ2v) is 5.27. The maximum absolute atomic E-state index is 13.2. The predicted molar refractivity (Wildman–Crippen MR) is 81.2 cm³/mol. The van der Waals surface area contributed by atoms with E-state index in [-0.39, 0.29) is 0 Å². The van der Waals surface area contributed by atoms with Crippen LogP contribution in [-0.2, 0) is 13.0 Å². The molecule has 1 aromatic heterocycles. The van der Waals surface area contributed by atoms with Crippen molar-refractivity contribution in [1.29, 1.82) is 0 Å². The molecule has 0 unspecified atom stereocenters. The summed E-state index contributed by atoms with van der Waals surface area (Å²) in [4.78, 5) is 6.07. The molecule has 1 aromatic carbocycles. The number of hydrogen-bond donors (Lipinski definition) is 0. The van der Waals surface area contributed by atoms with Gasteiger partial charge in [0.15, 0.2) is 0 Å². The van der Waals surface area contributed by atoms with Crippen molar-refractivity contribution in [2.24, 2.45) is 0 Å². The van der Waals surface area contributed by atoms with E-state index in [0.29, 0.717) is 5.82 Å². The van der Waals surface area contributed by atoms with Crippen molar-refractivity contribution >= 4 is 5.82 Å². The van der Waals surface area contributed by atoms with Crippen molar-refractivity contribution in [3.63, 3.8) is 0 Å². The summed E-state index contributed by atoms with van der Waals surface area (Å²) >= 11 is 0. The first-order chi connectivity index (χ1) is 10.3. The van der Waals surface area contributed by atoms with Gasteiger partial charge in [0.05, 0.1) is 6.61 Å². The fourth-order valence-corrected chi connectivity index (χ4v) is 2.61. The quantitative estimate of drug-likeness (QED) is 0.803. The van der Waals surface area contributed by atoms with Gasteiger partial charge in [0.2, 0.25) is 5.95 Å². The van der Waals surface area contributed by atoms with Gasteiger partial charge < -0.3 is 9.64 Å². The van der Waals surface area contributed by atoms with Crippen LogP contribution >= 0.6 is 0 Å². The van der Waals surface area contributed by atoms with Crippen molar-refractivity contribution in [2.45, 2.75) is 26.3 Å².